The Morgan fingerprint density at radius 2 is 1.89 bits per heavy atom. The van der Waals surface area contributed by atoms with Gasteiger partial charge in [-0.1, -0.05) is 13.8 Å². The molecule has 1 heterocycles. The van der Waals surface area contributed by atoms with Gasteiger partial charge >= 0.3 is 0 Å². The molecule has 0 aliphatic carbocycles. The van der Waals surface area contributed by atoms with E-state index in [0.29, 0.717) is 12.5 Å². The number of imide groups is 1. The van der Waals surface area contributed by atoms with E-state index in [0.717, 1.165) is 12.8 Å². The van der Waals surface area contributed by atoms with Gasteiger partial charge < -0.3 is 5.32 Å². The fourth-order valence-electron chi connectivity index (χ4n) is 1.91. The summed E-state index contributed by atoms with van der Waals surface area (Å²) < 4.78 is 0. The Morgan fingerprint density at radius 1 is 1.28 bits per heavy atom. The van der Waals surface area contributed by atoms with Gasteiger partial charge in [0.1, 0.15) is 0 Å². The molecule has 1 fully saturated rings. The number of nitrogens with one attached hydrogen (secondary N) is 1. The highest BCUT2D eigenvalue weighted by atomic mass is 16.2. The summed E-state index contributed by atoms with van der Waals surface area (Å²) in [4.78, 5) is 35.3. The molecule has 3 amide bonds. The molecule has 0 atom stereocenters. The van der Waals surface area contributed by atoms with E-state index in [9.17, 15) is 14.4 Å². The minimum Gasteiger partial charge on any atom is -0.356 e. The first kappa shape index (κ1) is 14.7. The van der Waals surface area contributed by atoms with Gasteiger partial charge in [0.25, 0.3) is 0 Å². The Balaban J connectivity index is 2.13. The quantitative estimate of drug-likeness (QED) is 0.546. The number of hydrogen-bond acceptors (Lipinski definition) is 3. The molecule has 0 unspecified atom stereocenters. The van der Waals surface area contributed by atoms with Gasteiger partial charge in [-0.05, 0) is 18.8 Å². The SMILES string of the molecule is CC(C)CCCNC(=O)CCN1C(=O)CCC1=O. The van der Waals surface area contributed by atoms with Crippen molar-refractivity contribution in [1.29, 1.82) is 0 Å². The maximum atomic E-state index is 11.5. The van der Waals surface area contributed by atoms with E-state index < -0.39 is 0 Å². The van der Waals surface area contributed by atoms with Crippen LogP contribution in [0.15, 0.2) is 0 Å². The van der Waals surface area contributed by atoms with Crippen LogP contribution in [0, 0.1) is 5.92 Å². The Hall–Kier alpha value is -1.39. The van der Waals surface area contributed by atoms with Crippen LogP contribution in [0.4, 0.5) is 0 Å². The fraction of sp³-hybridized carbons (Fsp3) is 0.769. The summed E-state index contributed by atoms with van der Waals surface area (Å²) in [5.41, 5.74) is 0. The van der Waals surface area contributed by atoms with Crippen LogP contribution >= 0.6 is 0 Å². The van der Waals surface area contributed by atoms with Crippen LogP contribution in [-0.4, -0.2) is 35.7 Å². The van der Waals surface area contributed by atoms with E-state index in [2.05, 4.69) is 19.2 Å². The molecule has 1 saturated heterocycles. The van der Waals surface area contributed by atoms with Gasteiger partial charge in [-0.15, -0.1) is 0 Å². The molecule has 0 aromatic carbocycles. The highest BCUT2D eigenvalue weighted by Gasteiger charge is 2.28. The molecule has 18 heavy (non-hydrogen) atoms. The molecule has 5 heteroatoms. The van der Waals surface area contributed by atoms with Crippen molar-refractivity contribution in [3.05, 3.63) is 0 Å². The normalized spacial score (nSPS) is 15.6. The lowest BCUT2D eigenvalue weighted by Crippen LogP contribution is -2.34. The van der Waals surface area contributed by atoms with Gasteiger partial charge in [-0.2, -0.15) is 0 Å². The summed E-state index contributed by atoms with van der Waals surface area (Å²) in [6, 6.07) is 0. The second kappa shape index (κ2) is 7.13. The second-order valence-electron chi connectivity index (χ2n) is 5.08. The summed E-state index contributed by atoms with van der Waals surface area (Å²) >= 11 is 0. The lowest BCUT2D eigenvalue weighted by Gasteiger charge is -2.13. The molecule has 0 spiro atoms. The molecule has 0 radical (unpaired) electrons. The van der Waals surface area contributed by atoms with Gasteiger partial charge in [0.05, 0.1) is 0 Å². The Bertz CT molecular complexity index is 310. The average Bonchev–Trinajstić information content (AvgIpc) is 2.62. The van der Waals surface area contributed by atoms with Crippen LogP contribution in [0.25, 0.3) is 0 Å². The minimum absolute atomic E-state index is 0.0914. The van der Waals surface area contributed by atoms with Gasteiger partial charge in [0.15, 0.2) is 0 Å². The van der Waals surface area contributed by atoms with Crippen molar-refractivity contribution in [3.8, 4) is 0 Å². The van der Waals surface area contributed by atoms with Crippen molar-refractivity contribution in [2.75, 3.05) is 13.1 Å². The fourth-order valence-corrected chi connectivity index (χ4v) is 1.91. The third-order valence-corrected chi connectivity index (χ3v) is 3.00. The molecule has 0 bridgehead atoms. The summed E-state index contributed by atoms with van der Waals surface area (Å²) in [5.74, 6) is 0.230. The van der Waals surface area contributed by atoms with Crippen molar-refractivity contribution >= 4 is 17.7 Å². The van der Waals surface area contributed by atoms with Crippen molar-refractivity contribution in [2.45, 2.75) is 46.0 Å². The van der Waals surface area contributed by atoms with Crippen LogP contribution < -0.4 is 5.32 Å². The minimum atomic E-state index is -0.160. The van der Waals surface area contributed by atoms with Gasteiger partial charge in [0.2, 0.25) is 17.7 Å². The topological polar surface area (TPSA) is 66.5 Å². The molecular weight excluding hydrogens is 232 g/mol. The number of amides is 3. The smallest absolute Gasteiger partial charge is 0.229 e. The zero-order chi connectivity index (χ0) is 13.5. The Morgan fingerprint density at radius 3 is 2.44 bits per heavy atom. The van der Waals surface area contributed by atoms with E-state index in [1.807, 2.05) is 0 Å². The number of carbonyl (C=O) groups is 3. The van der Waals surface area contributed by atoms with Crippen LogP contribution in [-0.2, 0) is 14.4 Å². The first-order valence-electron chi connectivity index (χ1n) is 6.60. The lowest BCUT2D eigenvalue weighted by molar-refractivity contribution is -0.138. The van der Waals surface area contributed by atoms with Crippen LogP contribution in [0.2, 0.25) is 0 Å². The van der Waals surface area contributed by atoms with Crippen LogP contribution in [0.5, 0.6) is 0 Å². The molecule has 102 valence electrons. The predicted molar refractivity (Wildman–Crippen MR) is 67.7 cm³/mol. The van der Waals surface area contributed by atoms with E-state index in [1.54, 1.807) is 0 Å². The number of carbonyl (C=O) groups excluding carboxylic acids is 3. The Labute approximate surface area is 108 Å². The standard InChI is InChI=1S/C13H22N2O3/c1-10(2)4-3-8-14-11(16)7-9-15-12(17)5-6-13(15)18/h10H,3-9H2,1-2H3,(H,14,16). The molecule has 5 nitrogen and oxygen atoms in total. The molecular formula is C13H22N2O3. The maximum Gasteiger partial charge on any atom is 0.229 e. The van der Waals surface area contributed by atoms with Gasteiger partial charge in [-0.25, -0.2) is 0 Å². The Kier molecular flexibility index (Phi) is 5.82. The van der Waals surface area contributed by atoms with E-state index in [-0.39, 0.29) is 43.5 Å². The first-order valence-corrected chi connectivity index (χ1v) is 6.60. The average molecular weight is 254 g/mol. The van der Waals surface area contributed by atoms with Crippen molar-refractivity contribution in [1.82, 2.24) is 10.2 Å². The number of nitrogens with zero attached hydrogens (tertiary/aromatic N) is 1. The van der Waals surface area contributed by atoms with E-state index in [4.69, 9.17) is 0 Å². The number of rotatable bonds is 7. The third kappa shape index (κ3) is 4.85. The van der Waals surface area contributed by atoms with Gasteiger partial charge in [0, 0.05) is 32.4 Å². The molecule has 1 aliphatic rings. The van der Waals surface area contributed by atoms with Gasteiger partial charge in [-0.3, -0.25) is 19.3 Å². The largest absolute Gasteiger partial charge is 0.356 e. The molecule has 0 saturated carbocycles. The van der Waals surface area contributed by atoms with Crippen molar-refractivity contribution in [2.24, 2.45) is 5.92 Å². The van der Waals surface area contributed by atoms with Crippen molar-refractivity contribution in [3.63, 3.8) is 0 Å². The predicted octanol–water partition coefficient (Wildman–Crippen LogP) is 1.08. The summed E-state index contributed by atoms with van der Waals surface area (Å²) in [6.07, 6.45) is 2.83. The maximum absolute atomic E-state index is 11.5. The number of likely N-dealkylation sites (tertiary alicyclic amines) is 1. The second-order valence-corrected chi connectivity index (χ2v) is 5.08. The molecule has 0 aromatic rings. The molecule has 0 aromatic heterocycles. The summed E-state index contributed by atoms with van der Waals surface area (Å²) in [7, 11) is 0. The zero-order valence-corrected chi connectivity index (χ0v) is 11.2. The highest BCUT2D eigenvalue weighted by molar-refractivity contribution is 6.02. The van der Waals surface area contributed by atoms with E-state index >= 15 is 0 Å². The van der Waals surface area contributed by atoms with E-state index in [1.165, 1.54) is 4.90 Å². The van der Waals surface area contributed by atoms with Crippen LogP contribution in [0.3, 0.4) is 0 Å². The molecule has 1 rings (SSSR count). The third-order valence-electron chi connectivity index (χ3n) is 3.00. The van der Waals surface area contributed by atoms with Crippen molar-refractivity contribution < 1.29 is 14.4 Å². The number of hydrogen-bond donors (Lipinski definition) is 1. The lowest BCUT2D eigenvalue weighted by atomic mass is 10.1. The highest BCUT2D eigenvalue weighted by Crippen LogP contribution is 2.11. The monoisotopic (exact) mass is 254 g/mol. The zero-order valence-electron chi connectivity index (χ0n) is 11.2. The summed E-state index contributed by atoms with van der Waals surface area (Å²) in [6.45, 7) is 5.17. The summed E-state index contributed by atoms with van der Waals surface area (Å²) in [5, 5.41) is 2.80. The molecule has 1 aliphatic heterocycles. The molecule has 1 N–H and O–H groups in total. The van der Waals surface area contributed by atoms with Crippen LogP contribution in [0.1, 0.15) is 46.0 Å². The first-order chi connectivity index (χ1) is 8.50.